The minimum Gasteiger partial charge on any atom is -0.483 e. The number of nitrogens with one attached hydrogen (secondary N) is 1. The molecule has 1 saturated carbocycles. The molecule has 2 aliphatic rings. The van der Waals surface area contributed by atoms with E-state index in [0.29, 0.717) is 17.9 Å². The minimum atomic E-state index is -0.559. The Balaban J connectivity index is 1.68. The molecule has 0 radical (unpaired) electrons. The number of nitrogens with two attached hydrogens (primary N) is 1. The quantitative estimate of drug-likeness (QED) is 0.769. The number of piperidine rings is 1. The molecular formula is C21H31N3O3. The van der Waals surface area contributed by atoms with E-state index in [9.17, 15) is 9.59 Å². The van der Waals surface area contributed by atoms with Gasteiger partial charge in [0.15, 0.2) is 6.61 Å². The number of primary amides is 1. The van der Waals surface area contributed by atoms with E-state index in [0.717, 1.165) is 25.9 Å². The van der Waals surface area contributed by atoms with E-state index in [2.05, 4.69) is 10.2 Å². The van der Waals surface area contributed by atoms with Crippen molar-refractivity contribution in [2.75, 3.05) is 26.2 Å². The van der Waals surface area contributed by atoms with E-state index in [1.807, 2.05) is 0 Å². The van der Waals surface area contributed by atoms with Crippen LogP contribution in [0, 0.1) is 0 Å². The van der Waals surface area contributed by atoms with Crippen molar-refractivity contribution in [2.24, 2.45) is 5.73 Å². The van der Waals surface area contributed by atoms with Crippen LogP contribution in [-0.2, 0) is 4.79 Å². The highest BCUT2D eigenvalue weighted by atomic mass is 16.5. The first-order valence-electron chi connectivity index (χ1n) is 10.1. The molecule has 0 unspecified atom stereocenters. The smallest absolute Gasteiger partial charge is 0.255 e. The van der Waals surface area contributed by atoms with Gasteiger partial charge in [0.2, 0.25) is 0 Å². The van der Waals surface area contributed by atoms with Gasteiger partial charge >= 0.3 is 0 Å². The molecule has 3 rings (SSSR count). The molecule has 0 atom stereocenters. The van der Waals surface area contributed by atoms with E-state index in [1.165, 1.54) is 38.5 Å². The fraction of sp³-hybridized carbons (Fsp3) is 0.619. The second-order valence-corrected chi connectivity index (χ2v) is 7.77. The predicted octanol–water partition coefficient (Wildman–Crippen LogP) is 2.47. The summed E-state index contributed by atoms with van der Waals surface area (Å²) in [6.45, 7) is 2.69. The maximum absolute atomic E-state index is 12.9. The molecule has 27 heavy (non-hydrogen) atoms. The Labute approximate surface area is 161 Å². The summed E-state index contributed by atoms with van der Waals surface area (Å²) in [5.74, 6) is -0.321. The number of carbonyl (C=O) groups excluding carboxylic acids is 2. The molecule has 2 amide bonds. The summed E-state index contributed by atoms with van der Waals surface area (Å²) in [6.07, 6.45) is 9.84. The zero-order valence-electron chi connectivity index (χ0n) is 16.0. The van der Waals surface area contributed by atoms with Crippen molar-refractivity contribution in [1.29, 1.82) is 0 Å². The zero-order valence-corrected chi connectivity index (χ0v) is 16.0. The molecule has 0 aromatic heterocycles. The van der Waals surface area contributed by atoms with Gasteiger partial charge in [0, 0.05) is 12.1 Å². The number of amides is 2. The summed E-state index contributed by atoms with van der Waals surface area (Å²) in [6, 6.07) is 7.00. The lowest BCUT2D eigenvalue weighted by molar-refractivity contribution is -0.119. The molecule has 6 nitrogen and oxygen atoms in total. The molecule has 0 spiro atoms. The van der Waals surface area contributed by atoms with Gasteiger partial charge in [-0.05, 0) is 50.9 Å². The Kier molecular flexibility index (Phi) is 6.72. The Morgan fingerprint density at radius 3 is 2.41 bits per heavy atom. The number of ether oxygens (including phenoxy) is 1. The minimum absolute atomic E-state index is 0.0807. The van der Waals surface area contributed by atoms with Crippen LogP contribution < -0.4 is 15.8 Å². The number of rotatable bonds is 7. The third-order valence-corrected chi connectivity index (χ3v) is 5.89. The van der Waals surface area contributed by atoms with Gasteiger partial charge < -0.3 is 15.8 Å². The largest absolute Gasteiger partial charge is 0.483 e. The van der Waals surface area contributed by atoms with E-state index in [4.69, 9.17) is 10.5 Å². The molecule has 2 fully saturated rings. The fourth-order valence-electron chi connectivity index (χ4n) is 4.45. The number of benzene rings is 1. The van der Waals surface area contributed by atoms with Gasteiger partial charge in [-0.1, -0.05) is 37.8 Å². The van der Waals surface area contributed by atoms with Gasteiger partial charge in [0.25, 0.3) is 11.8 Å². The molecule has 0 bridgehead atoms. The van der Waals surface area contributed by atoms with Crippen molar-refractivity contribution >= 4 is 11.8 Å². The van der Waals surface area contributed by atoms with E-state index in [1.54, 1.807) is 24.3 Å². The topological polar surface area (TPSA) is 84.7 Å². The summed E-state index contributed by atoms with van der Waals surface area (Å²) in [5, 5.41) is 3.16. The van der Waals surface area contributed by atoms with Crippen LogP contribution in [0.15, 0.2) is 24.3 Å². The average molecular weight is 373 g/mol. The van der Waals surface area contributed by atoms with Crippen molar-refractivity contribution in [1.82, 2.24) is 10.2 Å². The summed E-state index contributed by atoms with van der Waals surface area (Å²) >= 11 is 0. The van der Waals surface area contributed by atoms with Crippen LogP contribution in [0.3, 0.4) is 0 Å². The van der Waals surface area contributed by atoms with Crippen molar-refractivity contribution in [3.8, 4) is 5.75 Å². The molecule has 1 aliphatic carbocycles. The highest BCUT2D eigenvalue weighted by molar-refractivity contribution is 5.97. The average Bonchev–Trinajstić information content (AvgIpc) is 2.72. The summed E-state index contributed by atoms with van der Waals surface area (Å²) in [4.78, 5) is 26.5. The standard InChI is InChI=1S/C21H31N3O3/c22-19(25)15-27-18-10-4-3-9-17(18)20(26)23-16-21(11-5-1-6-12-21)24-13-7-2-8-14-24/h3-4,9-10H,1-2,5-8,11-16H2,(H2,22,25)(H,23,26). The van der Waals surface area contributed by atoms with Crippen LogP contribution in [-0.4, -0.2) is 48.5 Å². The Bertz CT molecular complexity index is 650. The van der Waals surface area contributed by atoms with Gasteiger partial charge in [-0.25, -0.2) is 0 Å². The van der Waals surface area contributed by atoms with Gasteiger partial charge in [0.05, 0.1) is 5.56 Å². The van der Waals surface area contributed by atoms with Gasteiger partial charge in [-0.2, -0.15) is 0 Å². The van der Waals surface area contributed by atoms with Gasteiger partial charge in [-0.3, -0.25) is 14.5 Å². The first-order valence-corrected chi connectivity index (χ1v) is 10.1. The Morgan fingerprint density at radius 1 is 1.04 bits per heavy atom. The highest BCUT2D eigenvalue weighted by Gasteiger charge is 2.38. The van der Waals surface area contributed by atoms with Crippen LogP contribution in [0.25, 0.3) is 0 Å². The molecule has 1 aromatic rings. The number of para-hydroxylation sites is 1. The summed E-state index contributed by atoms with van der Waals surface area (Å²) < 4.78 is 5.41. The third-order valence-electron chi connectivity index (χ3n) is 5.89. The fourth-order valence-corrected chi connectivity index (χ4v) is 4.45. The van der Waals surface area contributed by atoms with E-state index >= 15 is 0 Å². The third kappa shape index (κ3) is 5.01. The zero-order chi connectivity index (χ0) is 19.1. The van der Waals surface area contributed by atoms with Gasteiger partial charge in [0.1, 0.15) is 5.75 Å². The molecule has 1 heterocycles. The van der Waals surface area contributed by atoms with Crippen LogP contribution in [0.4, 0.5) is 0 Å². The second-order valence-electron chi connectivity index (χ2n) is 7.77. The van der Waals surface area contributed by atoms with Crippen LogP contribution in [0.2, 0.25) is 0 Å². The van der Waals surface area contributed by atoms with Crippen molar-refractivity contribution in [2.45, 2.75) is 56.9 Å². The lowest BCUT2D eigenvalue weighted by Crippen LogP contribution is -2.58. The highest BCUT2D eigenvalue weighted by Crippen LogP contribution is 2.35. The normalized spacial score (nSPS) is 20.0. The molecule has 6 heteroatoms. The van der Waals surface area contributed by atoms with Crippen molar-refractivity contribution < 1.29 is 14.3 Å². The molecule has 3 N–H and O–H groups in total. The first kappa shape index (κ1) is 19.7. The van der Waals surface area contributed by atoms with E-state index < -0.39 is 5.91 Å². The maximum atomic E-state index is 12.9. The molecule has 1 aromatic carbocycles. The number of likely N-dealkylation sites (tertiary alicyclic amines) is 1. The lowest BCUT2D eigenvalue weighted by Gasteiger charge is -2.48. The number of nitrogens with zero attached hydrogens (tertiary/aromatic N) is 1. The summed E-state index contributed by atoms with van der Waals surface area (Å²) in [5.41, 5.74) is 5.68. The lowest BCUT2D eigenvalue weighted by atomic mass is 9.79. The number of carbonyl (C=O) groups is 2. The van der Waals surface area contributed by atoms with Crippen molar-refractivity contribution in [3.05, 3.63) is 29.8 Å². The Morgan fingerprint density at radius 2 is 1.70 bits per heavy atom. The first-order chi connectivity index (χ1) is 13.1. The van der Waals surface area contributed by atoms with Crippen LogP contribution in [0.5, 0.6) is 5.75 Å². The van der Waals surface area contributed by atoms with Gasteiger partial charge in [-0.15, -0.1) is 0 Å². The Hall–Kier alpha value is -2.08. The number of hydrogen-bond donors (Lipinski definition) is 2. The van der Waals surface area contributed by atoms with Crippen LogP contribution in [0.1, 0.15) is 61.7 Å². The van der Waals surface area contributed by atoms with Crippen LogP contribution >= 0.6 is 0 Å². The molecule has 1 aliphatic heterocycles. The second kappa shape index (κ2) is 9.22. The van der Waals surface area contributed by atoms with E-state index in [-0.39, 0.29) is 18.1 Å². The molecule has 1 saturated heterocycles. The molecule has 148 valence electrons. The molecular weight excluding hydrogens is 342 g/mol. The summed E-state index contributed by atoms with van der Waals surface area (Å²) in [7, 11) is 0. The monoisotopic (exact) mass is 373 g/mol. The number of hydrogen-bond acceptors (Lipinski definition) is 4. The SMILES string of the molecule is NC(=O)COc1ccccc1C(=O)NCC1(N2CCCCC2)CCCCC1. The maximum Gasteiger partial charge on any atom is 0.255 e. The predicted molar refractivity (Wildman–Crippen MR) is 105 cm³/mol. The van der Waals surface area contributed by atoms with Crippen molar-refractivity contribution in [3.63, 3.8) is 0 Å².